The van der Waals surface area contributed by atoms with E-state index in [1.54, 1.807) is 30.6 Å². The van der Waals surface area contributed by atoms with Gasteiger partial charge in [-0.25, -0.2) is 9.97 Å². The molecule has 0 spiro atoms. The van der Waals surface area contributed by atoms with E-state index in [0.717, 1.165) is 5.56 Å². The van der Waals surface area contributed by atoms with E-state index in [1.807, 2.05) is 12.1 Å². The number of pyridine rings is 1. The number of nitrogens with zero attached hydrogens (tertiary/aromatic N) is 3. The van der Waals surface area contributed by atoms with Gasteiger partial charge in [0.25, 0.3) is 5.91 Å². The fourth-order valence-corrected chi connectivity index (χ4v) is 2.29. The lowest BCUT2D eigenvalue weighted by Crippen LogP contribution is -2.13. The van der Waals surface area contributed by atoms with E-state index in [9.17, 15) is 4.79 Å². The molecule has 0 bridgehead atoms. The topological polar surface area (TPSA) is 79.8 Å². The predicted molar refractivity (Wildman–Crippen MR) is 98.0 cm³/mol. The molecule has 1 aromatic carbocycles. The molecule has 3 aromatic rings. The normalized spacial score (nSPS) is 10.3. The summed E-state index contributed by atoms with van der Waals surface area (Å²) in [6.07, 6.45) is 6.34. The summed E-state index contributed by atoms with van der Waals surface area (Å²) in [4.78, 5) is 24.4. The average molecular weight is 374 g/mol. The maximum Gasteiger partial charge on any atom is 0.258 e. The number of anilines is 2. The van der Waals surface area contributed by atoms with Crippen LogP contribution in [0.1, 0.15) is 15.9 Å². The highest BCUT2D eigenvalue weighted by Crippen LogP contribution is 2.25. The van der Waals surface area contributed by atoms with Crippen LogP contribution < -0.4 is 10.6 Å². The molecular formula is C17H13Cl2N5O. The third-order valence-corrected chi connectivity index (χ3v) is 4.03. The van der Waals surface area contributed by atoms with Crippen molar-refractivity contribution >= 4 is 40.7 Å². The van der Waals surface area contributed by atoms with E-state index in [0.29, 0.717) is 33.8 Å². The summed E-state index contributed by atoms with van der Waals surface area (Å²) in [6, 6.07) is 8.64. The Hall–Kier alpha value is -2.70. The molecule has 2 heterocycles. The number of rotatable bonds is 5. The second kappa shape index (κ2) is 7.92. The van der Waals surface area contributed by atoms with Crippen molar-refractivity contribution in [2.75, 3.05) is 10.6 Å². The van der Waals surface area contributed by atoms with E-state index in [2.05, 4.69) is 25.6 Å². The molecule has 126 valence electrons. The standard InChI is InChI=1S/C17H13Cl2N5O/c18-14-2-1-13(7-15(14)19)24-16(25)12-9-22-17(23-10-12)21-8-11-3-5-20-6-4-11/h1-7,9-10H,8H2,(H,24,25)(H,21,22,23). The van der Waals surface area contributed by atoms with Crippen molar-refractivity contribution in [3.63, 3.8) is 0 Å². The molecule has 3 rings (SSSR count). The molecule has 0 unspecified atom stereocenters. The molecule has 0 saturated carbocycles. The van der Waals surface area contributed by atoms with Gasteiger partial charge in [0.1, 0.15) is 0 Å². The summed E-state index contributed by atoms with van der Waals surface area (Å²) < 4.78 is 0. The Labute approximate surface area is 154 Å². The van der Waals surface area contributed by atoms with Gasteiger partial charge in [0.15, 0.2) is 0 Å². The first kappa shape index (κ1) is 17.1. The summed E-state index contributed by atoms with van der Waals surface area (Å²) in [6.45, 7) is 0.567. The van der Waals surface area contributed by atoms with Crippen molar-refractivity contribution in [2.45, 2.75) is 6.54 Å². The average Bonchev–Trinajstić information content (AvgIpc) is 2.64. The van der Waals surface area contributed by atoms with Crippen molar-refractivity contribution in [2.24, 2.45) is 0 Å². The van der Waals surface area contributed by atoms with Crippen molar-refractivity contribution in [3.05, 3.63) is 76.3 Å². The van der Waals surface area contributed by atoms with Crippen molar-refractivity contribution < 1.29 is 4.79 Å². The number of amides is 1. The Morgan fingerprint density at radius 2 is 1.72 bits per heavy atom. The van der Waals surface area contributed by atoms with Gasteiger partial charge in [0, 0.05) is 37.0 Å². The molecule has 0 aliphatic carbocycles. The van der Waals surface area contributed by atoms with Gasteiger partial charge in [-0.1, -0.05) is 23.2 Å². The highest BCUT2D eigenvalue weighted by molar-refractivity contribution is 6.42. The Balaban J connectivity index is 1.61. The summed E-state index contributed by atoms with van der Waals surface area (Å²) in [7, 11) is 0. The third kappa shape index (κ3) is 4.65. The molecule has 0 aliphatic rings. The molecule has 2 aromatic heterocycles. The number of hydrogen-bond acceptors (Lipinski definition) is 5. The van der Waals surface area contributed by atoms with Crippen molar-refractivity contribution in [1.82, 2.24) is 15.0 Å². The van der Waals surface area contributed by atoms with Crippen molar-refractivity contribution in [1.29, 1.82) is 0 Å². The summed E-state index contributed by atoms with van der Waals surface area (Å²) in [5, 5.41) is 6.58. The summed E-state index contributed by atoms with van der Waals surface area (Å²) in [5.41, 5.74) is 1.93. The van der Waals surface area contributed by atoms with Gasteiger partial charge in [0.2, 0.25) is 5.95 Å². The molecule has 6 nitrogen and oxygen atoms in total. The van der Waals surface area contributed by atoms with Crippen molar-refractivity contribution in [3.8, 4) is 0 Å². The lowest BCUT2D eigenvalue weighted by molar-refractivity contribution is 0.102. The molecular weight excluding hydrogens is 361 g/mol. The summed E-state index contributed by atoms with van der Waals surface area (Å²) in [5.74, 6) is 0.0990. The Morgan fingerprint density at radius 3 is 2.40 bits per heavy atom. The maximum absolute atomic E-state index is 12.2. The first-order valence-electron chi connectivity index (χ1n) is 7.33. The monoisotopic (exact) mass is 373 g/mol. The third-order valence-electron chi connectivity index (χ3n) is 3.29. The quantitative estimate of drug-likeness (QED) is 0.705. The minimum absolute atomic E-state index is 0.334. The molecule has 0 atom stereocenters. The number of carbonyl (C=O) groups is 1. The Morgan fingerprint density at radius 1 is 1.00 bits per heavy atom. The van der Waals surface area contributed by atoms with Crippen LogP contribution in [0.15, 0.2) is 55.1 Å². The van der Waals surface area contributed by atoms with Crippen LogP contribution in [0.25, 0.3) is 0 Å². The first-order valence-corrected chi connectivity index (χ1v) is 8.08. The number of aromatic nitrogens is 3. The maximum atomic E-state index is 12.2. The second-order valence-corrected chi connectivity index (χ2v) is 5.90. The van der Waals surface area contributed by atoms with Gasteiger partial charge in [0.05, 0.1) is 15.6 Å². The van der Waals surface area contributed by atoms with Crippen LogP contribution in [0, 0.1) is 0 Å². The van der Waals surface area contributed by atoms with Gasteiger partial charge in [-0.15, -0.1) is 0 Å². The van der Waals surface area contributed by atoms with Crippen LogP contribution in [0.2, 0.25) is 10.0 Å². The highest BCUT2D eigenvalue weighted by Gasteiger charge is 2.09. The zero-order valence-electron chi connectivity index (χ0n) is 12.9. The molecule has 25 heavy (non-hydrogen) atoms. The van der Waals surface area contributed by atoms with Crippen LogP contribution in [-0.2, 0) is 6.54 Å². The van der Waals surface area contributed by atoms with Gasteiger partial charge in [-0.05, 0) is 35.9 Å². The lowest BCUT2D eigenvalue weighted by Gasteiger charge is -2.07. The SMILES string of the molecule is O=C(Nc1ccc(Cl)c(Cl)c1)c1cnc(NCc2ccncc2)nc1. The number of nitrogens with one attached hydrogen (secondary N) is 2. The van der Waals surface area contributed by atoms with E-state index >= 15 is 0 Å². The molecule has 2 N–H and O–H groups in total. The second-order valence-electron chi connectivity index (χ2n) is 5.09. The number of halogens is 2. The largest absolute Gasteiger partial charge is 0.350 e. The summed E-state index contributed by atoms with van der Waals surface area (Å²) >= 11 is 11.8. The number of benzene rings is 1. The van der Waals surface area contributed by atoms with Crippen LogP contribution in [0.3, 0.4) is 0 Å². The zero-order valence-corrected chi connectivity index (χ0v) is 14.4. The van der Waals surface area contributed by atoms with Crippen LogP contribution in [0.5, 0.6) is 0 Å². The van der Waals surface area contributed by atoms with E-state index in [1.165, 1.54) is 12.4 Å². The van der Waals surface area contributed by atoms with Gasteiger partial charge < -0.3 is 10.6 Å². The smallest absolute Gasteiger partial charge is 0.258 e. The zero-order chi connectivity index (χ0) is 17.6. The molecule has 1 amide bonds. The Bertz CT molecular complexity index is 872. The lowest BCUT2D eigenvalue weighted by atomic mass is 10.2. The van der Waals surface area contributed by atoms with Crippen LogP contribution in [0.4, 0.5) is 11.6 Å². The molecule has 0 fully saturated rings. The van der Waals surface area contributed by atoms with Crippen LogP contribution in [-0.4, -0.2) is 20.9 Å². The molecule has 0 aliphatic heterocycles. The van der Waals surface area contributed by atoms with Gasteiger partial charge in [-0.3, -0.25) is 9.78 Å². The molecule has 0 radical (unpaired) electrons. The highest BCUT2D eigenvalue weighted by atomic mass is 35.5. The molecule has 8 heteroatoms. The van der Waals surface area contributed by atoms with Gasteiger partial charge in [-0.2, -0.15) is 0 Å². The predicted octanol–water partition coefficient (Wildman–Crippen LogP) is 4.04. The van der Waals surface area contributed by atoms with Crippen LogP contribution >= 0.6 is 23.2 Å². The fraction of sp³-hybridized carbons (Fsp3) is 0.0588. The number of carbonyl (C=O) groups excluding carboxylic acids is 1. The first-order chi connectivity index (χ1) is 12.1. The number of hydrogen-bond donors (Lipinski definition) is 2. The van der Waals surface area contributed by atoms with E-state index < -0.39 is 0 Å². The Kier molecular flexibility index (Phi) is 5.42. The fourth-order valence-electron chi connectivity index (χ4n) is 2.00. The minimum atomic E-state index is -0.334. The molecule has 0 saturated heterocycles. The van der Waals surface area contributed by atoms with Gasteiger partial charge >= 0.3 is 0 Å². The van der Waals surface area contributed by atoms with E-state index in [-0.39, 0.29) is 5.91 Å². The minimum Gasteiger partial charge on any atom is -0.350 e. The van der Waals surface area contributed by atoms with E-state index in [4.69, 9.17) is 23.2 Å².